The van der Waals surface area contributed by atoms with E-state index in [1.807, 2.05) is 0 Å². The molecule has 2 fully saturated rings. The maximum absolute atomic E-state index is 3.68. The van der Waals surface area contributed by atoms with Gasteiger partial charge in [-0.05, 0) is 44.1 Å². The largest absolute Gasteiger partial charge is 0.313 e. The summed E-state index contributed by atoms with van der Waals surface area (Å²) in [6.07, 6.45) is 6.97. The van der Waals surface area contributed by atoms with Crippen LogP contribution in [0.5, 0.6) is 0 Å². The lowest BCUT2D eigenvalue weighted by Crippen LogP contribution is -2.42. The van der Waals surface area contributed by atoms with Crippen molar-refractivity contribution >= 4 is 0 Å². The van der Waals surface area contributed by atoms with Gasteiger partial charge >= 0.3 is 0 Å². The first-order valence-corrected chi connectivity index (χ1v) is 7.08. The Morgan fingerprint density at radius 2 is 1.88 bits per heavy atom. The number of hydrogen-bond donors (Lipinski definition) is 1. The van der Waals surface area contributed by atoms with Crippen LogP contribution in [0.15, 0.2) is 0 Å². The van der Waals surface area contributed by atoms with Crippen molar-refractivity contribution in [2.24, 2.45) is 5.41 Å². The lowest BCUT2D eigenvalue weighted by atomic mass is 9.92. The van der Waals surface area contributed by atoms with Crippen LogP contribution in [0.4, 0.5) is 0 Å². The molecule has 0 aliphatic heterocycles. The Balaban J connectivity index is 1.74. The zero-order valence-corrected chi connectivity index (χ0v) is 11.3. The minimum Gasteiger partial charge on any atom is -0.313 e. The lowest BCUT2D eigenvalue weighted by Gasteiger charge is -2.33. The minimum atomic E-state index is 0.431. The number of nitrogens with zero attached hydrogens (tertiary/aromatic N) is 1. The minimum absolute atomic E-state index is 0.431. The third-order valence-electron chi connectivity index (χ3n) is 3.65. The van der Waals surface area contributed by atoms with Crippen molar-refractivity contribution < 1.29 is 0 Å². The zero-order chi connectivity index (χ0) is 11.6. The summed E-state index contributed by atoms with van der Waals surface area (Å²) in [6.45, 7) is 10.9. The fourth-order valence-electron chi connectivity index (χ4n) is 2.43. The first-order chi connectivity index (χ1) is 7.61. The molecule has 16 heavy (non-hydrogen) atoms. The van der Waals surface area contributed by atoms with Crippen LogP contribution in [0, 0.1) is 5.41 Å². The molecule has 2 nitrogen and oxygen atoms in total. The van der Waals surface area contributed by atoms with E-state index in [0.29, 0.717) is 5.41 Å². The van der Waals surface area contributed by atoms with E-state index in [-0.39, 0.29) is 0 Å². The summed E-state index contributed by atoms with van der Waals surface area (Å²) >= 11 is 0. The second kappa shape index (κ2) is 5.05. The van der Waals surface area contributed by atoms with Gasteiger partial charge in [0, 0.05) is 25.2 Å². The van der Waals surface area contributed by atoms with E-state index in [9.17, 15) is 0 Å². The van der Waals surface area contributed by atoms with Gasteiger partial charge in [0.05, 0.1) is 0 Å². The molecule has 0 spiro atoms. The third-order valence-corrected chi connectivity index (χ3v) is 3.65. The Hall–Kier alpha value is -0.0800. The normalized spacial score (nSPS) is 21.8. The molecular formula is C14H28N2. The SMILES string of the molecule is CCCN(CC(C)(C)CNC1CC1)C1CC1. The third kappa shape index (κ3) is 4.06. The maximum atomic E-state index is 3.68. The molecule has 0 saturated heterocycles. The van der Waals surface area contributed by atoms with E-state index in [4.69, 9.17) is 0 Å². The molecule has 0 aromatic rings. The number of nitrogens with one attached hydrogen (secondary N) is 1. The highest BCUT2D eigenvalue weighted by molar-refractivity contribution is 4.89. The van der Waals surface area contributed by atoms with Gasteiger partial charge in [-0.2, -0.15) is 0 Å². The molecule has 0 radical (unpaired) electrons. The molecular weight excluding hydrogens is 196 g/mol. The highest BCUT2D eigenvalue weighted by atomic mass is 15.2. The van der Waals surface area contributed by atoms with Crippen LogP contribution in [-0.2, 0) is 0 Å². The smallest absolute Gasteiger partial charge is 0.00966 e. The molecule has 2 heteroatoms. The quantitative estimate of drug-likeness (QED) is 0.682. The van der Waals surface area contributed by atoms with Crippen LogP contribution >= 0.6 is 0 Å². The van der Waals surface area contributed by atoms with Crippen molar-refractivity contribution in [3.05, 3.63) is 0 Å². The fraction of sp³-hybridized carbons (Fsp3) is 1.00. The van der Waals surface area contributed by atoms with Gasteiger partial charge in [0.25, 0.3) is 0 Å². The second-order valence-corrected chi connectivity index (χ2v) is 6.52. The van der Waals surface area contributed by atoms with Gasteiger partial charge < -0.3 is 5.32 Å². The van der Waals surface area contributed by atoms with Crippen LogP contribution < -0.4 is 5.32 Å². The van der Waals surface area contributed by atoms with Crippen molar-refractivity contribution in [2.75, 3.05) is 19.6 Å². The van der Waals surface area contributed by atoms with E-state index in [1.54, 1.807) is 0 Å². The van der Waals surface area contributed by atoms with E-state index in [1.165, 1.54) is 51.7 Å². The first kappa shape index (κ1) is 12.4. The Morgan fingerprint density at radius 1 is 1.19 bits per heavy atom. The highest BCUT2D eigenvalue weighted by Crippen LogP contribution is 2.30. The van der Waals surface area contributed by atoms with Gasteiger partial charge in [0.2, 0.25) is 0 Å². The molecule has 2 saturated carbocycles. The molecule has 0 amide bonds. The Morgan fingerprint density at radius 3 is 2.38 bits per heavy atom. The molecule has 0 bridgehead atoms. The van der Waals surface area contributed by atoms with Crippen molar-refractivity contribution in [1.29, 1.82) is 0 Å². The average Bonchev–Trinajstić information content (AvgIpc) is 3.06. The Bertz CT molecular complexity index is 217. The highest BCUT2D eigenvalue weighted by Gasteiger charge is 2.33. The van der Waals surface area contributed by atoms with Crippen LogP contribution in [-0.4, -0.2) is 36.6 Å². The monoisotopic (exact) mass is 224 g/mol. The van der Waals surface area contributed by atoms with Gasteiger partial charge in [-0.15, -0.1) is 0 Å². The van der Waals surface area contributed by atoms with Crippen molar-refractivity contribution in [3.63, 3.8) is 0 Å². The Labute approximate surface area is 101 Å². The van der Waals surface area contributed by atoms with Crippen molar-refractivity contribution in [2.45, 2.75) is 65.0 Å². The molecule has 0 aromatic heterocycles. The van der Waals surface area contributed by atoms with Crippen LogP contribution in [0.2, 0.25) is 0 Å². The first-order valence-electron chi connectivity index (χ1n) is 7.08. The molecule has 2 rings (SSSR count). The number of rotatable bonds is 8. The summed E-state index contributed by atoms with van der Waals surface area (Å²) in [7, 11) is 0. The summed E-state index contributed by atoms with van der Waals surface area (Å²) in [4.78, 5) is 2.72. The van der Waals surface area contributed by atoms with Gasteiger partial charge in [-0.25, -0.2) is 0 Å². The van der Waals surface area contributed by atoms with Gasteiger partial charge in [-0.1, -0.05) is 20.8 Å². The molecule has 0 aromatic carbocycles. The molecule has 0 atom stereocenters. The standard InChI is InChI=1S/C14H28N2/c1-4-9-16(13-7-8-13)11-14(2,3)10-15-12-5-6-12/h12-13,15H,4-11H2,1-3H3. The lowest BCUT2D eigenvalue weighted by molar-refractivity contribution is 0.166. The summed E-state index contributed by atoms with van der Waals surface area (Å²) in [6, 6.07) is 1.76. The van der Waals surface area contributed by atoms with E-state index in [2.05, 4.69) is 31.0 Å². The molecule has 94 valence electrons. The van der Waals surface area contributed by atoms with Crippen molar-refractivity contribution in [3.8, 4) is 0 Å². The van der Waals surface area contributed by atoms with E-state index in [0.717, 1.165) is 12.1 Å². The summed E-state index contributed by atoms with van der Waals surface area (Å²) in [5.74, 6) is 0. The van der Waals surface area contributed by atoms with Crippen LogP contribution in [0.25, 0.3) is 0 Å². The molecule has 2 aliphatic carbocycles. The van der Waals surface area contributed by atoms with Crippen LogP contribution in [0.1, 0.15) is 52.9 Å². The average molecular weight is 224 g/mol. The fourth-order valence-corrected chi connectivity index (χ4v) is 2.43. The summed E-state index contributed by atoms with van der Waals surface area (Å²) < 4.78 is 0. The summed E-state index contributed by atoms with van der Waals surface area (Å²) in [5.41, 5.74) is 0.431. The van der Waals surface area contributed by atoms with Gasteiger partial charge in [-0.3, -0.25) is 4.90 Å². The molecule has 2 aliphatic rings. The second-order valence-electron chi connectivity index (χ2n) is 6.52. The zero-order valence-electron chi connectivity index (χ0n) is 11.3. The maximum Gasteiger partial charge on any atom is 0.00966 e. The Kier molecular flexibility index (Phi) is 3.91. The topological polar surface area (TPSA) is 15.3 Å². The summed E-state index contributed by atoms with van der Waals surface area (Å²) in [5, 5.41) is 3.68. The molecule has 0 unspecified atom stereocenters. The predicted molar refractivity (Wildman–Crippen MR) is 69.7 cm³/mol. The molecule has 1 N–H and O–H groups in total. The predicted octanol–water partition coefficient (Wildman–Crippen LogP) is 2.64. The molecule has 0 heterocycles. The van der Waals surface area contributed by atoms with E-state index < -0.39 is 0 Å². The van der Waals surface area contributed by atoms with Crippen LogP contribution in [0.3, 0.4) is 0 Å². The number of hydrogen-bond acceptors (Lipinski definition) is 2. The van der Waals surface area contributed by atoms with Gasteiger partial charge in [0.15, 0.2) is 0 Å². The van der Waals surface area contributed by atoms with Gasteiger partial charge in [0.1, 0.15) is 0 Å². The van der Waals surface area contributed by atoms with E-state index >= 15 is 0 Å². The van der Waals surface area contributed by atoms with Crippen molar-refractivity contribution in [1.82, 2.24) is 10.2 Å².